The molecule has 2 atom stereocenters. The zero-order chi connectivity index (χ0) is 17.0. The van der Waals surface area contributed by atoms with Crippen LogP contribution in [0.2, 0.25) is 0 Å². The monoisotopic (exact) mass is 337 g/mol. The lowest BCUT2D eigenvalue weighted by molar-refractivity contribution is 0.0173. The lowest BCUT2D eigenvalue weighted by Crippen LogP contribution is -2.62. The van der Waals surface area contributed by atoms with Gasteiger partial charge in [0.15, 0.2) is 5.82 Å². The van der Waals surface area contributed by atoms with Gasteiger partial charge in [0.1, 0.15) is 6.33 Å². The van der Waals surface area contributed by atoms with Crippen molar-refractivity contribution in [2.75, 3.05) is 5.32 Å². The fourth-order valence-electron chi connectivity index (χ4n) is 4.36. The minimum atomic E-state index is 0.0417. The van der Waals surface area contributed by atoms with Gasteiger partial charge >= 0.3 is 6.03 Å². The molecule has 0 radical (unpaired) electrons. The SMILES string of the molecule is Cn1cnc(-c2cc(NC(=O)N3C4CCCC3C4)ccc2C2CC2)n1. The van der Waals surface area contributed by atoms with E-state index in [0.717, 1.165) is 29.9 Å². The molecular formula is C19H23N5O. The number of fused-ring (bicyclic) bond motifs is 2. The molecular weight excluding hydrogens is 314 g/mol. The highest BCUT2D eigenvalue weighted by molar-refractivity contribution is 5.91. The third-order valence-electron chi connectivity index (χ3n) is 5.80. The molecule has 6 heteroatoms. The smallest absolute Gasteiger partial charge is 0.318 e. The van der Waals surface area contributed by atoms with Gasteiger partial charge in [-0.3, -0.25) is 4.68 Å². The van der Waals surface area contributed by atoms with Gasteiger partial charge in [-0.2, -0.15) is 5.10 Å². The number of rotatable bonds is 3. The molecule has 1 aliphatic carbocycles. The van der Waals surface area contributed by atoms with Crippen LogP contribution in [0.3, 0.4) is 0 Å². The number of anilines is 1. The van der Waals surface area contributed by atoms with Crippen LogP contribution in [0.25, 0.3) is 11.4 Å². The van der Waals surface area contributed by atoms with Gasteiger partial charge in [-0.25, -0.2) is 9.78 Å². The van der Waals surface area contributed by atoms with Crippen molar-refractivity contribution >= 4 is 11.7 Å². The van der Waals surface area contributed by atoms with Crippen molar-refractivity contribution in [1.82, 2.24) is 19.7 Å². The molecule has 2 aromatic rings. The molecule has 2 amide bonds. The van der Waals surface area contributed by atoms with E-state index < -0.39 is 0 Å². The van der Waals surface area contributed by atoms with E-state index in [0.29, 0.717) is 18.0 Å². The number of aromatic nitrogens is 3. The van der Waals surface area contributed by atoms with Crippen molar-refractivity contribution < 1.29 is 4.79 Å². The Labute approximate surface area is 147 Å². The number of amides is 2. The average molecular weight is 337 g/mol. The summed E-state index contributed by atoms with van der Waals surface area (Å²) in [4.78, 5) is 19.1. The summed E-state index contributed by atoms with van der Waals surface area (Å²) >= 11 is 0. The van der Waals surface area contributed by atoms with E-state index in [-0.39, 0.29) is 6.03 Å². The summed E-state index contributed by atoms with van der Waals surface area (Å²) in [5.74, 6) is 1.35. The molecule has 5 rings (SSSR count). The molecule has 25 heavy (non-hydrogen) atoms. The fraction of sp³-hybridized carbons (Fsp3) is 0.526. The van der Waals surface area contributed by atoms with E-state index in [2.05, 4.69) is 21.5 Å². The maximum atomic E-state index is 12.7. The Morgan fingerprint density at radius 1 is 1.20 bits per heavy atom. The second-order valence-corrected chi connectivity index (χ2v) is 7.63. The lowest BCUT2D eigenvalue weighted by Gasteiger charge is -2.52. The summed E-state index contributed by atoms with van der Waals surface area (Å²) in [7, 11) is 1.88. The maximum Gasteiger partial charge on any atom is 0.322 e. The number of piperidine rings is 1. The van der Waals surface area contributed by atoms with E-state index >= 15 is 0 Å². The third kappa shape index (κ3) is 2.60. The second kappa shape index (κ2) is 5.58. The predicted molar refractivity (Wildman–Crippen MR) is 95.3 cm³/mol. The van der Waals surface area contributed by atoms with Gasteiger partial charge in [0, 0.05) is 30.4 Å². The number of aryl methyl sites for hydroxylation is 1. The Bertz CT molecular complexity index is 811. The summed E-state index contributed by atoms with van der Waals surface area (Å²) in [5, 5.41) is 7.56. The summed E-state index contributed by atoms with van der Waals surface area (Å²) in [6.07, 6.45) is 8.90. The molecule has 1 aromatic heterocycles. The van der Waals surface area contributed by atoms with E-state index in [1.165, 1.54) is 31.2 Å². The molecule has 2 unspecified atom stereocenters. The quantitative estimate of drug-likeness (QED) is 0.932. The average Bonchev–Trinajstić information content (AvgIpc) is 3.36. The number of nitrogens with one attached hydrogen (secondary N) is 1. The Hall–Kier alpha value is -2.37. The van der Waals surface area contributed by atoms with Crippen LogP contribution in [0, 0.1) is 0 Å². The van der Waals surface area contributed by atoms with Crippen LogP contribution in [-0.2, 0) is 7.05 Å². The Morgan fingerprint density at radius 2 is 2.00 bits per heavy atom. The Morgan fingerprint density at radius 3 is 2.64 bits per heavy atom. The largest absolute Gasteiger partial charge is 0.322 e. The van der Waals surface area contributed by atoms with Gasteiger partial charge in [-0.1, -0.05) is 6.07 Å². The molecule has 1 N–H and O–H groups in total. The van der Waals surface area contributed by atoms with Crippen LogP contribution in [0.1, 0.15) is 50.0 Å². The molecule has 6 nitrogen and oxygen atoms in total. The molecule has 1 aromatic carbocycles. The molecule has 0 spiro atoms. The van der Waals surface area contributed by atoms with Crippen molar-refractivity contribution in [3.63, 3.8) is 0 Å². The van der Waals surface area contributed by atoms with Gasteiger partial charge < -0.3 is 10.2 Å². The van der Waals surface area contributed by atoms with Crippen LogP contribution < -0.4 is 5.32 Å². The van der Waals surface area contributed by atoms with Gasteiger partial charge in [0.05, 0.1) is 0 Å². The van der Waals surface area contributed by atoms with Crippen LogP contribution in [0.5, 0.6) is 0 Å². The van der Waals surface area contributed by atoms with Gasteiger partial charge in [-0.15, -0.1) is 0 Å². The highest BCUT2D eigenvalue weighted by Crippen LogP contribution is 2.44. The highest BCUT2D eigenvalue weighted by atomic mass is 16.2. The van der Waals surface area contributed by atoms with E-state index in [4.69, 9.17) is 0 Å². The summed E-state index contributed by atoms with van der Waals surface area (Å²) < 4.78 is 1.72. The lowest BCUT2D eigenvalue weighted by atomic mass is 9.80. The molecule has 3 aliphatic rings. The highest BCUT2D eigenvalue weighted by Gasteiger charge is 2.44. The number of carbonyl (C=O) groups excluding carboxylic acids is 1. The van der Waals surface area contributed by atoms with Gasteiger partial charge in [0.2, 0.25) is 0 Å². The predicted octanol–water partition coefficient (Wildman–Crippen LogP) is 3.52. The number of hydrogen-bond acceptors (Lipinski definition) is 3. The summed E-state index contributed by atoms with van der Waals surface area (Å²) in [6, 6.07) is 7.13. The van der Waals surface area contributed by atoms with Crippen LogP contribution in [0.4, 0.5) is 10.5 Å². The van der Waals surface area contributed by atoms with Crippen molar-refractivity contribution in [3.05, 3.63) is 30.1 Å². The fourth-order valence-corrected chi connectivity index (χ4v) is 4.36. The van der Waals surface area contributed by atoms with Crippen molar-refractivity contribution in [1.29, 1.82) is 0 Å². The third-order valence-corrected chi connectivity index (χ3v) is 5.80. The van der Waals surface area contributed by atoms with Crippen molar-refractivity contribution in [2.24, 2.45) is 7.05 Å². The summed E-state index contributed by atoms with van der Waals surface area (Å²) in [6.45, 7) is 0. The number of benzene rings is 1. The van der Waals surface area contributed by atoms with E-state index in [1.54, 1.807) is 11.0 Å². The van der Waals surface area contributed by atoms with Crippen LogP contribution in [-0.4, -0.2) is 37.8 Å². The van der Waals surface area contributed by atoms with Crippen LogP contribution in [0.15, 0.2) is 24.5 Å². The topological polar surface area (TPSA) is 63.1 Å². The minimum absolute atomic E-state index is 0.0417. The zero-order valence-corrected chi connectivity index (χ0v) is 14.5. The first-order chi connectivity index (χ1) is 12.2. The van der Waals surface area contributed by atoms with Gasteiger partial charge in [0.25, 0.3) is 0 Å². The first-order valence-corrected chi connectivity index (χ1v) is 9.28. The number of carbonyl (C=O) groups is 1. The van der Waals surface area contributed by atoms with Crippen molar-refractivity contribution in [2.45, 2.75) is 56.5 Å². The van der Waals surface area contributed by atoms with Crippen LogP contribution >= 0.6 is 0 Å². The molecule has 1 saturated carbocycles. The minimum Gasteiger partial charge on any atom is -0.318 e. The molecule has 3 heterocycles. The van der Waals surface area contributed by atoms with E-state index in [9.17, 15) is 4.79 Å². The first kappa shape index (κ1) is 14.9. The molecule has 2 saturated heterocycles. The zero-order valence-electron chi connectivity index (χ0n) is 14.5. The maximum absolute atomic E-state index is 12.7. The number of nitrogens with zero attached hydrogens (tertiary/aromatic N) is 4. The standard InChI is InChI=1S/C19H23N5O/c1-23-11-20-18(22-23)17-9-13(7-8-16(17)12-5-6-12)21-19(25)24-14-3-2-4-15(24)10-14/h7-9,11-12,14-15H,2-6,10H2,1H3,(H,21,25). The first-order valence-electron chi connectivity index (χ1n) is 9.28. The molecule has 3 fully saturated rings. The van der Waals surface area contributed by atoms with Gasteiger partial charge in [-0.05, 0) is 62.1 Å². The number of urea groups is 1. The van der Waals surface area contributed by atoms with Crippen molar-refractivity contribution in [3.8, 4) is 11.4 Å². The second-order valence-electron chi connectivity index (χ2n) is 7.63. The normalized spacial score (nSPS) is 24.8. The molecule has 2 aliphatic heterocycles. The van der Waals surface area contributed by atoms with E-state index in [1.807, 2.05) is 24.1 Å². The Balaban J connectivity index is 1.41. The molecule has 130 valence electrons. The Kier molecular flexibility index (Phi) is 3.33. The molecule has 2 bridgehead atoms. The summed E-state index contributed by atoms with van der Waals surface area (Å²) in [5.41, 5.74) is 3.18. The number of hydrogen-bond donors (Lipinski definition) is 1.